The summed E-state index contributed by atoms with van der Waals surface area (Å²) in [6.07, 6.45) is 0. The van der Waals surface area contributed by atoms with Crippen LogP contribution in [0.1, 0.15) is 28.4 Å². The highest BCUT2D eigenvalue weighted by Crippen LogP contribution is 2.13. The topological polar surface area (TPSA) is 63.8 Å². The molecule has 0 aromatic carbocycles. The SMILES string of the molecule is Cc1cc(C)nc(NCc2c(C)noc2C)n1. The number of nitrogens with one attached hydrogen (secondary N) is 1. The molecule has 0 spiro atoms. The van der Waals surface area contributed by atoms with Crippen LogP contribution in [-0.2, 0) is 6.54 Å². The lowest BCUT2D eigenvalue weighted by atomic mass is 10.2. The second-order valence-corrected chi connectivity index (χ2v) is 4.13. The predicted molar refractivity (Wildman–Crippen MR) is 64.8 cm³/mol. The number of aromatic nitrogens is 3. The maximum atomic E-state index is 5.10. The van der Waals surface area contributed by atoms with Gasteiger partial charge in [-0.2, -0.15) is 0 Å². The van der Waals surface area contributed by atoms with Crippen LogP contribution in [0.5, 0.6) is 0 Å². The van der Waals surface area contributed by atoms with Crippen LogP contribution in [0.4, 0.5) is 5.95 Å². The van der Waals surface area contributed by atoms with Crippen molar-refractivity contribution >= 4 is 5.95 Å². The van der Waals surface area contributed by atoms with Gasteiger partial charge in [-0.15, -0.1) is 0 Å². The van der Waals surface area contributed by atoms with E-state index in [1.807, 2.05) is 33.8 Å². The van der Waals surface area contributed by atoms with Gasteiger partial charge in [0, 0.05) is 23.5 Å². The number of nitrogens with zero attached hydrogens (tertiary/aromatic N) is 3. The summed E-state index contributed by atoms with van der Waals surface area (Å²) < 4.78 is 5.10. The van der Waals surface area contributed by atoms with Crippen molar-refractivity contribution in [2.45, 2.75) is 34.2 Å². The van der Waals surface area contributed by atoms with E-state index in [-0.39, 0.29) is 0 Å². The van der Waals surface area contributed by atoms with Crippen LogP contribution >= 0.6 is 0 Å². The van der Waals surface area contributed by atoms with E-state index in [9.17, 15) is 0 Å². The standard InChI is InChI=1S/C12H16N4O/c1-7-5-8(2)15-12(14-7)13-6-11-9(3)16-17-10(11)4/h5H,6H2,1-4H3,(H,13,14,15). The third-order valence-electron chi connectivity index (χ3n) is 2.59. The molecule has 90 valence electrons. The Hall–Kier alpha value is -1.91. The monoisotopic (exact) mass is 232 g/mol. The number of aryl methyl sites for hydroxylation is 4. The van der Waals surface area contributed by atoms with Crippen molar-refractivity contribution in [3.8, 4) is 0 Å². The third-order valence-corrected chi connectivity index (χ3v) is 2.59. The maximum absolute atomic E-state index is 5.10. The van der Waals surface area contributed by atoms with Crippen molar-refractivity contribution in [1.29, 1.82) is 0 Å². The molecule has 0 aliphatic heterocycles. The Kier molecular flexibility index (Phi) is 3.08. The van der Waals surface area contributed by atoms with Crippen LogP contribution in [0, 0.1) is 27.7 Å². The highest BCUT2D eigenvalue weighted by Gasteiger charge is 2.09. The molecule has 2 aromatic rings. The van der Waals surface area contributed by atoms with Crippen LogP contribution in [-0.4, -0.2) is 15.1 Å². The normalized spacial score (nSPS) is 10.6. The van der Waals surface area contributed by atoms with E-state index in [1.54, 1.807) is 0 Å². The first-order valence-electron chi connectivity index (χ1n) is 5.54. The van der Waals surface area contributed by atoms with Gasteiger partial charge in [0.2, 0.25) is 5.95 Å². The number of anilines is 1. The molecule has 0 saturated heterocycles. The lowest BCUT2D eigenvalue weighted by Crippen LogP contribution is -2.06. The summed E-state index contributed by atoms with van der Waals surface area (Å²) in [6.45, 7) is 8.37. The quantitative estimate of drug-likeness (QED) is 0.879. The van der Waals surface area contributed by atoms with Crippen LogP contribution in [0.15, 0.2) is 10.6 Å². The Balaban J connectivity index is 2.12. The van der Waals surface area contributed by atoms with E-state index in [4.69, 9.17) is 4.52 Å². The van der Waals surface area contributed by atoms with Gasteiger partial charge in [-0.05, 0) is 33.8 Å². The maximum Gasteiger partial charge on any atom is 0.223 e. The molecule has 0 aliphatic carbocycles. The molecule has 0 saturated carbocycles. The van der Waals surface area contributed by atoms with Gasteiger partial charge in [-0.25, -0.2) is 9.97 Å². The van der Waals surface area contributed by atoms with Gasteiger partial charge in [-0.1, -0.05) is 5.16 Å². The van der Waals surface area contributed by atoms with Gasteiger partial charge in [0.15, 0.2) is 0 Å². The zero-order valence-electron chi connectivity index (χ0n) is 10.5. The molecule has 5 nitrogen and oxygen atoms in total. The second kappa shape index (κ2) is 4.53. The van der Waals surface area contributed by atoms with E-state index in [1.165, 1.54) is 0 Å². The minimum absolute atomic E-state index is 0.629. The molecule has 2 heterocycles. The molecule has 5 heteroatoms. The minimum Gasteiger partial charge on any atom is -0.361 e. The Morgan fingerprint density at radius 1 is 1.12 bits per heavy atom. The fourth-order valence-corrected chi connectivity index (χ4v) is 1.73. The Bertz CT molecular complexity index is 494. The molecule has 0 unspecified atom stereocenters. The molecule has 0 atom stereocenters. The summed E-state index contributed by atoms with van der Waals surface area (Å²) in [5, 5.41) is 7.10. The molecule has 2 aromatic heterocycles. The Morgan fingerprint density at radius 3 is 2.29 bits per heavy atom. The van der Waals surface area contributed by atoms with Crippen molar-refractivity contribution < 1.29 is 4.52 Å². The minimum atomic E-state index is 0.629. The van der Waals surface area contributed by atoms with Gasteiger partial charge in [0.1, 0.15) is 5.76 Å². The first-order chi connectivity index (χ1) is 8.06. The van der Waals surface area contributed by atoms with Crippen LogP contribution in [0.2, 0.25) is 0 Å². The molecular weight excluding hydrogens is 216 g/mol. The van der Waals surface area contributed by atoms with Crippen molar-refractivity contribution in [2.24, 2.45) is 0 Å². The summed E-state index contributed by atoms with van der Waals surface area (Å²) in [6, 6.07) is 1.95. The number of hydrogen-bond donors (Lipinski definition) is 1. The lowest BCUT2D eigenvalue weighted by molar-refractivity contribution is 0.392. The van der Waals surface area contributed by atoms with Gasteiger partial charge in [0.05, 0.1) is 5.69 Å². The number of hydrogen-bond acceptors (Lipinski definition) is 5. The molecule has 0 aliphatic rings. The molecule has 0 fully saturated rings. The van der Waals surface area contributed by atoms with Gasteiger partial charge >= 0.3 is 0 Å². The zero-order valence-corrected chi connectivity index (χ0v) is 10.5. The fraction of sp³-hybridized carbons (Fsp3) is 0.417. The van der Waals surface area contributed by atoms with Gasteiger partial charge in [0.25, 0.3) is 0 Å². The smallest absolute Gasteiger partial charge is 0.223 e. The Labute approximate surface area is 100 Å². The first kappa shape index (κ1) is 11.6. The third kappa shape index (κ3) is 2.61. The fourth-order valence-electron chi connectivity index (χ4n) is 1.73. The predicted octanol–water partition coefficient (Wildman–Crippen LogP) is 2.31. The molecule has 0 radical (unpaired) electrons. The first-order valence-corrected chi connectivity index (χ1v) is 5.54. The van der Waals surface area contributed by atoms with E-state index in [0.717, 1.165) is 28.4 Å². The average molecular weight is 232 g/mol. The summed E-state index contributed by atoms with van der Waals surface area (Å²) in [5.41, 5.74) is 3.88. The lowest BCUT2D eigenvalue weighted by Gasteiger charge is -2.06. The summed E-state index contributed by atoms with van der Waals surface area (Å²) >= 11 is 0. The summed E-state index contributed by atoms with van der Waals surface area (Å²) in [7, 11) is 0. The van der Waals surface area contributed by atoms with Gasteiger partial charge < -0.3 is 9.84 Å². The van der Waals surface area contributed by atoms with Crippen molar-refractivity contribution in [3.05, 3.63) is 34.5 Å². The van der Waals surface area contributed by atoms with E-state index in [0.29, 0.717) is 12.5 Å². The molecule has 17 heavy (non-hydrogen) atoms. The number of rotatable bonds is 3. The molecule has 0 amide bonds. The summed E-state index contributed by atoms with van der Waals surface area (Å²) in [4.78, 5) is 8.64. The molecular formula is C12H16N4O. The van der Waals surface area contributed by atoms with Crippen molar-refractivity contribution in [1.82, 2.24) is 15.1 Å². The second-order valence-electron chi connectivity index (χ2n) is 4.13. The van der Waals surface area contributed by atoms with E-state index >= 15 is 0 Å². The molecule has 2 rings (SSSR count). The highest BCUT2D eigenvalue weighted by atomic mass is 16.5. The summed E-state index contributed by atoms with van der Waals surface area (Å²) in [5.74, 6) is 1.47. The van der Waals surface area contributed by atoms with Crippen molar-refractivity contribution in [2.75, 3.05) is 5.32 Å². The highest BCUT2D eigenvalue weighted by molar-refractivity contribution is 5.31. The van der Waals surface area contributed by atoms with E-state index in [2.05, 4.69) is 20.4 Å². The van der Waals surface area contributed by atoms with Crippen LogP contribution in [0.3, 0.4) is 0 Å². The molecule has 0 bridgehead atoms. The van der Waals surface area contributed by atoms with E-state index < -0.39 is 0 Å². The van der Waals surface area contributed by atoms with Crippen LogP contribution < -0.4 is 5.32 Å². The van der Waals surface area contributed by atoms with Crippen molar-refractivity contribution in [3.63, 3.8) is 0 Å². The zero-order chi connectivity index (χ0) is 12.4. The van der Waals surface area contributed by atoms with Crippen LogP contribution in [0.25, 0.3) is 0 Å². The molecule has 1 N–H and O–H groups in total. The van der Waals surface area contributed by atoms with Gasteiger partial charge in [-0.3, -0.25) is 0 Å². The largest absolute Gasteiger partial charge is 0.361 e. The average Bonchev–Trinajstić information content (AvgIpc) is 2.55. The Morgan fingerprint density at radius 2 is 1.76 bits per heavy atom.